The summed E-state index contributed by atoms with van der Waals surface area (Å²) in [7, 11) is -2.56. The lowest BCUT2D eigenvalue weighted by molar-refractivity contribution is 0.409. The Bertz CT molecular complexity index is 1040. The van der Waals surface area contributed by atoms with E-state index in [2.05, 4.69) is 14.7 Å². The highest BCUT2D eigenvalue weighted by Crippen LogP contribution is 2.27. The molecule has 0 spiro atoms. The summed E-state index contributed by atoms with van der Waals surface area (Å²) in [5, 5.41) is 0.833. The molecule has 0 aliphatic heterocycles. The lowest BCUT2D eigenvalue weighted by atomic mass is 10.3. The van der Waals surface area contributed by atoms with E-state index in [9.17, 15) is 12.8 Å². The molecule has 0 saturated carbocycles. The van der Waals surface area contributed by atoms with E-state index in [4.69, 9.17) is 4.74 Å². The standard InChI is InChI=1S/C18H18FN3O3S2/c1-12-16(26-18(22-12)13-4-3-8-20-11-13)7-9-21-27(23,24)17-6-5-14(25-2)10-15(17)19/h3-6,8,10-11,21H,7,9H2,1-2H3. The van der Waals surface area contributed by atoms with E-state index >= 15 is 0 Å². The van der Waals surface area contributed by atoms with Gasteiger partial charge in [0, 0.05) is 35.4 Å². The van der Waals surface area contributed by atoms with E-state index in [0.717, 1.165) is 27.2 Å². The Hall–Kier alpha value is -2.36. The number of hydrogen-bond donors (Lipinski definition) is 1. The second-order valence-corrected chi connectivity index (χ2v) is 8.53. The van der Waals surface area contributed by atoms with Crippen LogP contribution in [0.1, 0.15) is 10.6 Å². The van der Waals surface area contributed by atoms with Crippen molar-refractivity contribution in [1.29, 1.82) is 0 Å². The first-order chi connectivity index (χ1) is 12.9. The highest BCUT2D eigenvalue weighted by atomic mass is 32.2. The fourth-order valence-electron chi connectivity index (χ4n) is 2.48. The molecule has 0 saturated heterocycles. The predicted molar refractivity (Wildman–Crippen MR) is 102 cm³/mol. The zero-order valence-corrected chi connectivity index (χ0v) is 16.4. The van der Waals surface area contributed by atoms with Crippen LogP contribution in [0, 0.1) is 12.7 Å². The van der Waals surface area contributed by atoms with E-state index in [1.165, 1.54) is 30.6 Å². The van der Waals surface area contributed by atoms with Gasteiger partial charge in [0.2, 0.25) is 10.0 Å². The third-order valence-electron chi connectivity index (χ3n) is 3.87. The van der Waals surface area contributed by atoms with Crippen LogP contribution in [0.5, 0.6) is 5.75 Å². The topological polar surface area (TPSA) is 81.2 Å². The first-order valence-corrected chi connectivity index (χ1v) is 10.4. The second kappa shape index (κ2) is 8.12. The third kappa shape index (κ3) is 4.49. The number of benzene rings is 1. The molecule has 2 heterocycles. The number of rotatable bonds is 7. The molecule has 0 bridgehead atoms. The van der Waals surface area contributed by atoms with Gasteiger partial charge in [-0.3, -0.25) is 4.98 Å². The summed E-state index contributed by atoms with van der Waals surface area (Å²) in [5.74, 6) is -0.593. The summed E-state index contributed by atoms with van der Waals surface area (Å²) < 4.78 is 46.0. The summed E-state index contributed by atoms with van der Waals surface area (Å²) in [6, 6.07) is 7.40. The number of aromatic nitrogens is 2. The van der Waals surface area contributed by atoms with Crippen molar-refractivity contribution in [2.45, 2.75) is 18.2 Å². The number of hydrogen-bond acceptors (Lipinski definition) is 6. The van der Waals surface area contributed by atoms with Crippen molar-refractivity contribution < 1.29 is 17.5 Å². The van der Waals surface area contributed by atoms with Crippen LogP contribution in [-0.2, 0) is 16.4 Å². The van der Waals surface area contributed by atoms with Crippen molar-refractivity contribution in [3.05, 3.63) is 59.1 Å². The summed E-state index contributed by atoms with van der Waals surface area (Å²) in [4.78, 5) is 9.16. The van der Waals surface area contributed by atoms with Crippen LogP contribution in [0.25, 0.3) is 10.6 Å². The van der Waals surface area contributed by atoms with Gasteiger partial charge >= 0.3 is 0 Å². The number of ether oxygens (including phenoxy) is 1. The van der Waals surface area contributed by atoms with Crippen molar-refractivity contribution in [2.24, 2.45) is 0 Å². The summed E-state index contributed by atoms with van der Waals surface area (Å²) >= 11 is 1.49. The average molecular weight is 407 g/mol. The minimum atomic E-state index is -3.95. The normalized spacial score (nSPS) is 11.5. The van der Waals surface area contributed by atoms with Gasteiger partial charge in [-0.2, -0.15) is 0 Å². The number of methoxy groups -OCH3 is 1. The Kier molecular flexibility index (Phi) is 5.83. The molecule has 142 valence electrons. The van der Waals surface area contributed by atoms with Crippen LogP contribution in [0.3, 0.4) is 0 Å². The molecule has 1 aromatic carbocycles. The van der Waals surface area contributed by atoms with Crippen molar-refractivity contribution in [1.82, 2.24) is 14.7 Å². The van der Waals surface area contributed by atoms with Crippen molar-refractivity contribution in [3.63, 3.8) is 0 Å². The summed E-state index contributed by atoms with van der Waals surface area (Å²) in [6.45, 7) is 2.02. The second-order valence-electron chi connectivity index (χ2n) is 5.71. The zero-order valence-electron chi connectivity index (χ0n) is 14.8. The highest BCUT2D eigenvalue weighted by Gasteiger charge is 2.19. The SMILES string of the molecule is COc1ccc(S(=O)(=O)NCCc2sc(-c3cccnc3)nc2C)c(F)c1. The van der Waals surface area contributed by atoms with Crippen LogP contribution in [0.4, 0.5) is 4.39 Å². The Morgan fingerprint density at radius 3 is 2.78 bits per heavy atom. The highest BCUT2D eigenvalue weighted by molar-refractivity contribution is 7.89. The predicted octanol–water partition coefficient (Wildman–Crippen LogP) is 3.18. The van der Waals surface area contributed by atoms with E-state index in [1.54, 1.807) is 12.4 Å². The number of nitrogens with one attached hydrogen (secondary N) is 1. The molecule has 0 amide bonds. The molecule has 6 nitrogen and oxygen atoms in total. The molecule has 9 heteroatoms. The van der Waals surface area contributed by atoms with Crippen LogP contribution in [0.2, 0.25) is 0 Å². The molecule has 3 aromatic rings. The molecule has 27 heavy (non-hydrogen) atoms. The first kappa shape index (κ1) is 19.4. The maximum Gasteiger partial charge on any atom is 0.243 e. The lowest BCUT2D eigenvalue weighted by Gasteiger charge is -2.08. The van der Waals surface area contributed by atoms with E-state index in [1.807, 2.05) is 19.1 Å². The molecular formula is C18H18FN3O3S2. The molecule has 0 aliphatic rings. The molecule has 1 N–H and O–H groups in total. The summed E-state index contributed by atoms with van der Waals surface area (Å²) in [5.41, 5.74) is 1.76. The minimum absolute atomic E-state index is 0.142. The summed E-state index contributed by atoms with van der Waals surface area (Å²) in [6.07, 6.45) is 3.88. The third-order valence-corrected chi connectivity index (χ3v) is 6.63. The zero-order chi connectivity index (χ0) is 19.4. The smallest absolute Gasteiger partial charge is 0.243 e. The van der Waals surface area contributed by atoms with Crippen LogP contribution < -0.4 is 9.46 Å². The Labute approximate surface area is 161 Å². The molecule has 0 unspecified atom stereocenters. The van der Waals surface area contributed by atoms with Gasteiger partial charge in [0.15, 0.2) is 0 Å². The quantitative estimate of drug-likeness (QED) is 0.651. The number of pyridine rings is 1. The molecule has 0 radical (unpaired) electrons. The molecule has 0 fully saturated rings. The fraction of sp³-hybridized carbons (Fsp3) is 0.222. The number of nitrogens with zero attached hydrogens (tertiary/aromatic N) is 2. The average Bonchev–Trinajstić information content (AvgIpc) is 3.03. The lowest BCUT2D eigenvalue weighted by Crippen LogP contribution is -2.26. The van der Waals surface area contributed by atoms with Crippen LogP contribution in [-0.4, -0.2) is 32.0 Å². The van der Waals surface area contributed by atoms with Crippen LogP contribution >= 0.6 is 11.3 Å². The maximum atomic E-state index is 14.0. The van der Waals surface area contributed by atoms with Gasteiger partial charge in [0.1, 0.15) is 21.5 Å². The first-order valence-electron chi connectivity index (χ1n) is 8.10. The van der Waals surface area contributed by atoms with Gasteiger partial charge < -0.3 is 4.74 Å². The van der Waals surface area contributed by atoms with E-state index in [0.29, 0.717) is 6.42 Å². The number of aryl methyl sites for hydroxylation is 1. The minimum Gasteiger partial charge on any atom is -0.497 e. The Morgan fingerprint density at radius 2 is 2.11 bits per heavy atom. The Morgan fingerprint density at radius 1 is 1.30 bits per heavy atom. The van der Waals surface area contributed by atoms with Crippen LogP contribution in [0.15, 0.2) is 47.6 Å². The van der Waals surface area contributed by atoms with Crippen molar-refractivity contribution in [3.8, 4) is 16.3 Å². The van der Waals surface area contributed by atoms with Gasteiger partial charge in [0.25, 0.3) is 0 Å². The van der Waals surface area contributed by atoms with Crippen molar-refractivity contribution in [2.75, 3.05) is 13.7 Å². The molecule has 2 aromatic heterocycles. The monoisotopic (exact) mass is 407 g/mol. The molecule has 0 atom stereocenters. The van der Waals surface area contributed by atoms with Crippen molar-refractivity contribution >= 4 is 21.4 Å². The van der Waals surface area contributed by atoms with Gasteiger partial charge in [0.05, 0.1) is 12.8 Å². The maximum absolute atomic E-state index is 14.0. The number of halogens is 1. The fourth-order valence-corrected chi connectivity index (χ4v) is 4.62. The van der Waals surface area contributed by atoms with E-state index in [-0.39, 0.29) is 12.3 Å². The number of sulfonamides is 1. The van der Waals surface area contributed by atoms with E-state index < -0.39 is 20.7 Å². The molecular weight excluding hydrogens is 389 g/mol. The largest absolute Gasteiger partial charge is 0.497 e. The van der Waals surface area contributed by atoms with Gasteiger partial charge in [-0.1, -0.05) is 0 Å². The Balaban J connectivity index is 1.68. The van der Waals surface area contributed by atoms with Gasteiger partial charge in [-0.05, 0) is 37.6 Å². The number of thiazole rings is 1. The van der Waals surface area contributed by atoms with Gasteiger partial charge in [-0.15, -0.1) is 11.3 Å². The van der Waals surface area contributed by atoms with Gasteiger partial charge in [-0.25, -0.2) is 22.5 Å². The molecule has 0 aliphatic carbocycles. The molecule has 3 rings (SSSR count).